The van der Waals surface area contributed by atoms with Crippen LogP contribution in [0.1, 0.15) is 18.5 Å². The molecule has 3 aromatic rings. The van der Waals surface area contributed by atoms with Gasteiger partial charge >= 0.3 is 0 Å². The van der Waals surface area contributed by atoms with Crippen molar-refractivity contribution in [2.24, 2.45) is 0 Å². The minimum atomic E-state index is 0.197. The van der Waals surface area contributed by atoms with E-state index in [4.69, 9.17) is 0 Å². The number of hydrogen-bond acceptors (Lipinski definition) is 3. The van der Waals surface area contributed by atoms with Crippen LogP contribution < -0.4 is 10.2 Å². The normalized spacial score (nSPS) is 15.5. The zero-order valence-corrected chi connectivity index (χ0v) is 16.8. The lowest BCUT2D eigenvalue weighted by Gasteiger charge is -2.36. The number of quaternary nitrogens is 1. The average Bonchev–Trinajstić information content (AvgIpc) is 2.77. The molecule has 0 aromatic heterocycles. The summed E-state index contributed by atoms with van der Waals surface area (Å²) in [6.07, 6.45) is 0. The van der Waals surface area contributed by atoms with Gasteiger partial charge in [0.1, 0.15) is 11.8 Å². The summed E-state index contributed by atoms with van der Waals surface area (Å²) in [7, 11) is 0. The molecule has 5 nitrogen and oxygen atoms in total. The first-order chi connectivity index (χ1) is 14.1. The van der Waals surface area contributed by atoms with Crippen LogP contribution in [-0.4, -0.2) is 48.6 Å². The Morgan fingerprint density at radius 1 is 0.966 bits per heavy atom. The SMILES string of the molecule is C[C@@H]([NH2+]CC(=O)N1CCN(c2ccc(O)cc2)CC1)c1cccc2ccccc12. The Kier molecular flexibility index (Phi) is 5.67. The van der Waals surface area contributed by atoms with E-state index in [1.807, 2.05) is 17.0 Å². The third kappa shape index (κ3) is 4.35. The molecular formula is C24H28N3O2+. The Hall–Kier alpha value is -3.05. The number of anilines is 1. The summed E-state index contributed by atoms with van der Waals surface area (Å²) in [5, 5.41) is 14.1. The van der Waals surface area contributed by atoms with Gasteiger partial charge in [0.25, 0.3) is 5.91 Å². The van der Waals surface area contributed by atoms with E-state index in [1.165, 1.54) is 16.3 Å². The third-order valence-corrected chi connectivity index (χ3v) is 5.81. The molecule has 1 fully saturated rings. The summed E-state index contributed by atoms with van der Waals surface area (Å²) in [4.78, 5) is 16.9. The molecule has 1 saturated heterocycles. The zero-order valence-electron chi connectivity index (χ0n) is 16.8. The van der Waals surface area contributed by atoms with E-state index < -0.39 is 0 Å². The highest BCUT2D eigenvalue weighted by atomic mass is 16.3. The molecule has 0 saturated carbocycles. The number of carbonyl (C=O) groups is 1. The number of nitrogens with zero attached hydrogens (tertiary/aromatic N) is 2. The van der Waals surface area contributed by atoms with Gasteiger partial charge in [-0.15, -0.1) is 0 Å². The Morgan fingerprint density at radius 3 is 2.41 bits per heavy atom. The van der Waals surface area contributed by atoms with E-state index >= 15 is 0 Å². The average molecular weight is 391 g/mol. The first kappa shape index (κ1) is 19.3. The van der Waals surface area contributed by atoms with Gasteiger partial charge in [0.2, 0.25) is 0 Å². The maximum atomic E-state index is 12.7. The van der Waals surface area contributed by atoms with Crippen LogP contribution in [0.25, 0.3) is 10.8 Å². The number of hydrogen-bond donors (Lipinski definition) is 2. The van der Waals surface area contributed by atoms with Gasteiger partial charge in [-0.05, 0) is 42.0 Å². The molecule has 1 aliphatic rings. The molecule has 0 unspecified atom stereocenters. The van der Waals surface area contributed by atoms with Crippen LogP contribution in [-0.2, 0) is 4.79 Å². The largest absolute Gasteiger partial charge is 0.508 e. The Labute approximate surface area is 171 Å². The maximum Gasteiger partial charge on any atom is 0.277 e. The van der Waals surface area contributed by atoms with Crippen molar-refractivity contribution in [2.45, 2.75) is 13.0 Å². The molecule has 0 spiro atoms. The van der Waals surface area contributed by atoms with Gasteiger partial charge in [-0.3, -0.25) is 4.79 Å². The monoisotopic (exact) mass is 390 g/mol. The predicted octanol–water partition coefficient (Wildman–Crippen LogP) is 2.52. The van der Waals surface area contributed by atoms with E-state index in [0.717, 1.165) is 31.9 Å². The number of phenols is 1. The first-order valence-corrected chi connectivity index (χ1v) is 10.2. The van der Waals surface area contributed by atoms with Crippen LogP contribution in [0.15, 0.2) is 66.7 Å². The highest BCUT2D eigenvalue weighted by Crippen LogP contribution is 2.22. The molecule has 3 aromatic carbocycles. The van der Waals surface area contributed by atoms with E-state index in [9.17, 15) is 9.90 Å². The van der Waals surface area contributed by atoms with E-state index in [1.54, 1.807) is 12.1 Å². The molecular weight excluding hydrogens is 362 g/mol. The second kappa shape index (κ2) is 8.53. The molecule has 1 aliphatic heterocycles. The number of benzene rings is 3. The molecule has 1 atom stereocenters. The number of carbonyl (C=O) groups excluding carboxylic acids is 1. The topological polar surface area (TPSA) is 60.4 Å². The lowest BCUT2D eigenvalue weighted by atomic mass is 10.00. The molecule has 1 amide bonds. The summed E-state index contributed by atoms with van der Waals surface area (Å²) in [5.41, 5.74) is 2.36. The summed E-state index contributed by atoms with van der Waals surface area (Å²) < 4.78 is 0. The maximum absolute atomic E-state index is 12.7. The van der Waals surface area contributed by atoms with Crippen molar-refractivity contribution >= 4 is 22.4 Å². The minimum absolute atomic E-state index is 0.197. The quantitative estimate of drug-likeness (QED) is 0.704. The number of amides is 1. The first-order valence-electron chi connectivity index (χ1n) is 10.2. The van der Waals surface area contributed by atoms with Crippen LogP contribution in [0.5, 0.6) is 5.75 Å². The number of piperazine rings is 1. The number of phenolic OH excluding ortho intramolecular Hbond substituents is 1. The molecule has 0 aliphatic carbocycles. The van der Waals surface area contributed by atoms with Crippen molar-refractivity contribution in [1.29, 1.82) is 0 Å². The number of aromatic hydroxyl groups is 1. The van der Waals surface area contributed by atoms with Crippen LogP contribution in [0, 0.1) is 0 Å². The summed E-state index contributed by atoms with van der Waals surface area (Å²) in [5.74, 6) is 0.473. The summed E-state index contributed by atoms with van der Waals surface area (Å²) >= 11 is 0. The van der Waals surface area contributed by atoms with E-state index in [2.05, 4.69) is 59.6 Å². The number of fused-ring (bicyclic) bond motifs is 1. The fourth-order valence-corrected chi connectivity index (χ4v) is 4.06. The van der Waals surface area contributed by atoms with Crippen LogP contribution >= 0.6 is 0 Å². The molecule has 0 radical (unpaired) electrons. The summed E-state index contributed by atoms with van der Waals surface area (Å²) in [6, 6.07) is 22.3. The number of nitrogens with two attached hydrogens (primary N) is 1. The minimum Gasteiger partial charge on any atom is -0.508 e. The fraction of sp³-hybridized carbons (Fsp3) is 0.292. The molecule has 29 heavy (non-hydrogen) atoms. The molecule has 150 valence electrons. The lowest BCUT2D eigenvalue weighted by molar-refractivity contribution is -0.682. The Bertz CT molecular complexity index is 974. The Balaban J connectivity index is 1.31. The molecule has 1 heterocycles. The molecule has 4 rings (SSSR count). The van der Waals surface area contributed by atoms with Gasteiger partial charge in [0.05, 0.1) is 0 Å². The predicted molar refractivity (Wildman–Crippen MR) is 116 cm³/mol. The molecule has 5 heteroatoms. The van der Waals surface area contributed by atoms with Gasteiger partial charge in [0.15, 0.2) is 6.54 Å². The second-order valence-corrected chi connectivity index (χ2v) is 7.68. The van der Waals surface area contributed by atoms with Crippen LogP contribution in [0.2, 0.25) is 0 Å². The number of rotatable bonds is 5. The third-order valence-electron chi connectivity index (χ3n) is 5.81. The highest BCUT2D eigenvalue weighted by molar-refractivity contribution is 5.86. The fourth-order valence-electron chi connectivity index (χ4n) is 4.06. The van der Waals surface area contributed by atoms with Crippen molar-refractivity contribution < 1.29 is 15.2 Å². The van der Waals surface area contributed by atoms with Gasteiger partial charge in [0, 0.05) is 37.4 Å². The molecule has 0 bridgehead atoms. The van der Waals surface area contributed by atoms with E-state index in [0.29, 0.717) is 6.54 Å². The van der Waals surface area contributed by atoms with Crippen LogP contribution in [0.4, 0.5) is 5.69 Å². The molecule has 3 N–H and O–H groups in total. The van der Waals surface area contributed by atoms with Crippen molar-refractivity contribution in [3.05, 3.63) is 72.3 Å². The van der Waals surface area contributed by atoms with Gasteiger partial charge in [-0.25, -0.2) is 0 Å². The standard InChI is InChI=1S/C24H27N3O2/c1-18(22-8-4-6-19-5-2-3-7-23(19)22)25-17-24(29)27-15-13-26(14-16-27)20-9-11-21(28)12-10-20/h2-12,18,25,28H,13-17H2,1H3/p+1/t18-/m1/s1. The van der Waals surface area contributed by atoms with Gasteiger partial charge < -0.3 is 20.2 Å². The lowest BCUT2D eigenvalue weighted by Crippen LogP contribution is -2.87. The summed E-state index contributed by atoms with van der Waals surface area (Å²) in [6.45, 7) is 5.72. The second-order valence-electron chi connectivity index (χ2n) is 7.68. The van der Waals surface area contributed by atoms with Crippen molar-refractivity contribution in [3.8, 4) is 5.75 Å². The van der Waals surface area contributed by atoms with E-state index in [-0.39, 0.29) is 17.7 Å². The highest BCUT2D eigenvalue weighted by Gasteiger charge is 2.23. The van der Waals surface area contributed by atoms with Crippen molar-refractivity contribution in [3.63, 3.8) is 0 Å². The zero-order chi connectivity index (χ0) is 20.2. The van der Waals surface area contributed by atoms with Crippen LogP contribution in [0.3, 0.4) is 0 Å². The van der Waals surface area contributed by atoms with Crippen molar-refractivity contribution in [1.82, 2.24) is 4.90 Å². The van der Waals surface area contributed by atoms with Gasteiger partial charge in [-0.2, -0.15) is 0 Å². The smallest absolute Gasteiger partial charge is 0.277 e. The van der Waals surface area contributed by atoms with Crippen molar-refractivity contribution in [2.75, 3.05) is 37.6 Å². The van der Waals surface area contributed by atoms with Gasteiger partial charge in [-0.1, -0.05) is 42.5 Å². The Morgan fingerprint density at radius 2 is 1.66 bits per heavy atom.